The molecule has 0 atom stereocenters. The number of halogens is 2. The minimum atomic E-state index is -0.298. The van der Waals surface area contributed by atoms with E-state index < -0.39 is 0 Å². The van der Waals surface area contributed by atoms with Crippen molar-refractivity contribution in [1.82, 2.24) is 4.90 Å². The minimum Gasteiger partial charge on any atom is -0.324 e. The lowest BCUT2D eigenvalue weighted by Crippen LogP contribution is -2.36. The zero-order chi connectivity index (χ0) is 20.7. The number of amides is 2. The summed E-state index contributed by atoms with van der Waals surface area (Å²) in [4.78, 5) is 26.4. The first-order chi connectivity index (χ1) is 13.3. The van der Waals surface area contributed by atoms with Crippen molar-refractivity contribution in [1.29, 1.82) is 0 Å². The Kier molecular flexibility index (Phi) is 8.30. The second kappa shape index (κ2) is 10.5. The van der Waals surface area contributed by atoms with E-state index in [9.17, 15) is 9.59 Å². The number of likely N-dealkylation sites (N-methyl/N-ethyl adjacent to an activating group) is 1. The lowest BCUT2D eigenvalue weighted by atomic mass is 10.0. The topological polar surface area (TPSA) is 61.4 Å². The highest BCUT2D eigenvalue weighted by molar-refractivity contribution is 6.39. The number of aryl methyl sites for hydroxylation is 2. The van der Waals surface area contributed by atoms with Gasteiger partial charge in [-0.15, -0.1) is 0 Å². The van der Waals surface area contributed by atoms with E-state index in [0.29, 0.717) is 15.7 Å². The van der Waals surface area contributed by atoms with Crippen LogP contribution in [0.25, 0.3) is 0 Å². The van der Waals surface area contributed by atoms with Crippen LogP contribution in [0.4, 0.5) is 11.4 Å². The van der Waals surface area contributed by atoms with Gasteiger partial charge in [0.05, 0.1) is 28.8 Å². The van der Waals surface area contributed by atoms with Crippen LogP contribution in [0.3, 0.4) is 0 Å². The summed E-state index contributed by atoms with van der Waals surface area (Å²) in [5, 5.41) is 6.42. The summed E-state index contributed by atoms with van der Waals surface area (Å²) in [6.45, 7) is 4.23. The number of hydrogen-bond acceptors (Lipinski definition) is 3. The minimum absolute atomic E-state index is 0.0328. The number of para-hydroxylation sites is 2. The van der Waals surface area contributed by atoms with Gasteiger partial charge in [-0.3, -0.25) is 14.5 Å². The third-order valence-corrected chi connectivity index (χ3v) is 4.95. The van der Waals surface area contributed by atoms with Gasteiger partial charge in [0.1, 0.15) is 0 Å². The number of nitrogens with zero attached hydrogens (tertiary/aromatic N) is 1. The summed E-state index contributed by atoms with van der Waals surface area (Å²) >= 11 is 12.1. The van der Waals surface area contributed by atoms with E-state index in [1.165, 1.54) is 0 Å². The van der Waals surface area contributed by atoms with E-state index in [-0.39, 0.29) is 24.9 Å². The SMILES string of the molecule is CCc1cccc(CC)c1NC(=O)CN(C)CC(=O)Nc1c(Cl)cccc1Cl. The molecule has 2 rings (SSSR count). The molecule has 0 aliphatic carbocycles. The molecule has 28 heavy (non-hydrogen) atoms. The Labute approximate surface area is 176 Å². The smallest absolute Gasteiger partial charge is 0.238 e. The molecule has 2 aromatic carbocycles. The molecule has 2 amide bonds. The van der Waals surface area contributed by atoms with E-state index in [0.717, 1.165) is 29.7 Å². The second-order valence-corrected chi connectivity index (χ2v) is 7.34. The highest BCUT2D eigenvalue weighted by Crippen LogP contribution is 2.29. The van der Waals surface area contributed by atoms with E-state index in [4.69, 9.17) is 23.2 Å². The quantitative estimate of drug-likeness (QED) is 0.652. The molecule has 0 spiro atoms. The van der Waals surface area contributed by atoms with Crippen LogP contribution in [0.1, 0.15) is 25.0 Å². The number of nitrogens with one attached hydrogen (secondary N) is 2. The predicted octanol–water partition coefficient (Wildman–Crippen LogP) is 4.63. The maximum absolute atomic E-state index is 12.5. The first-order valence-electron chi connectivity index (χ1n) is 9.18. The average Bonchev–Trinajstić information content (AvgIpc) is 2.64. The van der Waals surface area contributed by atoms with Crippen LogP contribution in [0.2, 0.25) is 10.0 Å². The molecule has 5 nitrogen and oxygen atoms in total. The van der Waals surface area contributed by atoms with Gasteiger partial charge in [-0.05, 0) is 43.1 Å². The van der Waals surface area contributed by atoms with E-state index in [1.807, 2.05) is 18.2 Å². The normalized spacial score (nSPS) is 10.8. The molecule has 0 aromatic heterocycles. The van der Waals surface area contributed by atoms with Crippen LogP contribution in [0, 0.1) is 0 Å². The predicted molar refractivity (Wildman–Crippen MR) is 116 cm³/mol. The van der Waals surface area contributed by atoms with Crippen LogP contribution < -0.4 is 10.6 Å². The summed E-state index contributed by atoms with van der Waals surface area (Å²) in [5.41, 5.74) is 3.44. The van der Waals surface area contributed by atoms with E-state index in [2.05, 4.69) is 24.5 Å². The third kappa shape index (κ3) is 5.96. The zero-order valence-electron chi connectivity index (χ0n) is 16.3. The average molecular weight is 422 g/mol. The maximum Gasteiger partial charge on any atom is 0.238 e. The molecular weight excluding hydrogens is 397 g/mol. The lowest BCUT2D eigenvalue weighted by molar-refractivity contribution is -0.119. The molecule has 0 saturated heterocycles. The molecule has 7 heteroatoms. The number of anilines is 2. The van der Waals surface area contributed by atoms with Crippen molar-refractivity contribution < 1.29 is 9.59 Å². The van der Waals surface area contributed by atoms with Crippen LogP contribution in [0.5, 0.6) is 0 Å². The second-order valence-electron chi connectivity index (χ2n) is 6.52. The molecule has 150 valence electrons. The van der Waals surface area contributed by atoms with E-state index >= 15 is 0 Å². The fourth-order valence-corrected chi connectivity index (χ4v) is 3.42. The summed E-state index contributed by atoms with van der Waals surface area (Å²) in [6.07, 6.45) is 1.67. The molecule has 0 heterocycles. The number of carbonyl (C=O) groups excluding carboxylic acids is 2. The molecule has 2 N–H and O–H groups in total. The highest BCUT2D eigenvalue weighted by atomic mass is 35.5. The first-order valence-corrected chi connectivity index (χ1v) is 9.94. The van der Waals surface area contributed by atoms with Gasteiger partial charge in [-0.1, -0.05) is 61.3 Å². The van der Waals surface area contributed by atoms with Crippen molar-refractivity contribution >= 4 is 46.4 Å². The van der Waals surface area contributed by atoms with Gasteiger partial charge in [0.25, 0.3) is 0 Å². The van der Waals surface area contributed by atoms with Gasteiger partial charge in [-0.2, -0.15) is 0 Å². The van der Waals surface area contributed by atoms with Crippen LogP contribution in [0.15, 0.2) is 36.4 Å². The number of hydrogen-bond donors (Lipinski definition) is 2. The van der Waals surface area contributed by atoms with Gasteiger partial charge in [0.15, 0.2) is 0 Å². The summed E-state index contributed by atoms with van der Waals surface area (Å²) < 4.78 is 0. The Bertz CT molecular complexity index is 813. The number of rotatable bonds is 8. The van der Waals surface area contributed by atoms with Gasteiger partial charge < -0.3 is 10.6 Å². The van der Waals surface area contributed by atoms with Crippen LogP contribution in [-0.2, 0) is 22.4 Å². The molecule has 0 saturated carbocycles. The van der Waals surface area contributed by atoms with Gasteiger partial charge in [0.2, 0.25) is 11.8 Å². The molecule has 0 radical (unpaired) electrons. The van der Waals surface area contributed by atoms with Crippen LogP contribution >= 0.6 is 23.2 Å². The Hall–Kier alpha value is -2.08. The fourth-order valence-electron chi connectivity index (χ4n) is 2.92. The third-order valence-electron chi connectivity index (χ3n) is 4.32. The largest absolute Gasteiger partial charge is 0.324 e. The molecule has 2 aromatic rings. The monoisotopic (exact) mass is 421 g/mol. The van der Waals surface area contributed by atoms with Crippen molar-refractivity contribution in [3.8, 4) is 0 Å². The van der Waals surface area contributed by atoms with Crippen molar-refractivity contribution in [2.45, 2.75) is 26.7 Å². The Morgan fingerprint density at radius 1 is 0.821 bits per heavy atom. The highest BCUT2D eigenvalue weighted by Gasteiger charge is 2.15. The molecular formula is C21H25Cl2N3O2. The Balaban J connectivity index is 1.95. The van der Waals surface area contributed by atoms with Crippen molar-refractivity contribution in [2.75, 3.05) is 30.8 Å². The summed E-state index contributed by atoms with van der Waals surface area (Å²) in [6, 6.07) is 11.0. The van der Waals surface area contributed by atoms with Gasteiger partial charge >= 0.3 is 0 Å². The summed E-state index contributed by atoms with van der Waals surface area (Å²) in [5.74, 6) is -0.463. The summed E-state index contributed by atoms with van der Waals surface area (Å²) in [7, 11) is 1.71. The molecule has 0 unspecified atom stereocenters. The first kappa shape index (κ1) is 22.2. The molecule has 0 aliphatic heterocycles. The van der Waals surface area contributed by atoms with Crippen molar-refractivity contribution in [3.63, 3.8) is 0 Å². The number of benzene rings is 2. The fraction of sp³-hybridized carbons (Fsp3) is 0.333. The Morgan fingerprint density at radius 3 is 1.71 bits per heavy atom. The molecule has 0 fully saturated rings. The molecule has 0 bridgehead atoms. The van der Waals surface area contributed by atoms with Gasteiger partial charge in [0, 0.05) is 5.69 Å². The number of carbonyl (C=O) groups is 2. The van der Waals surface area contributed by atoms with Crippen LogP contribution in [-0.4, -0.2) is 36.9 Å². The standard InChI is InChI=1S/C21H25Cl2N3O2/c1-4-14-8-6-9-15(5-2)20(14)24-18(27)12-26(3)13-19(28)25-21-16(22)10-7-11-17(21)23/h6-11H,4-5,12-13H2,1-3H3,(H,24,27)(H,25,28). The van der Waals surface area contributed by atoms with Crippen molar-refractivity contribution in [2.24, 2.45) is 0 Å². The zero-order valence-corrected chi connectivity index (χ0v) is 17.8. The maximum atomic E-state index is 12.5. The van der Waals surface area contributed by atoms with E-state index in [1.54, 1.807) is 30.1 Å². The van der Waals surface area contributed by atoms with Gasteiger partial charge in [-0.25, -0.2) is 0 Å². The Morgan fingerprint density at radius 2 is 1.25 bits per heavy atom. The van der Waals surface area contributed by atoms with Crippen molar-refractivity contribution in [3.05, 3.63) is 57.6 Å². The lowest BCUT2D eigenvalue weighted by Gasteiger charge is -2.19. The molecule has 0 aliphatic rings.